The predicted octanol–water partition coefficient (Wildman–Crippen LogP) is 5.34. The number of rotatable bonds is 4. The molecule has 0 amide bonds. The molecule has 1 aromatic rings. The van der Waals surface area contributed by atoms with Gasteiger partial charge in [-0.2, -0.15) is 0 Å². The fourth-order valence-electron chi connectivity index (χ4n) is 3.08. The fourth-order valence-corrected chi connectivity index (χ4v) is 4.14. The van der Waals surface area contributed by atoms with Crippen LogP contribution in [0.3, 0.4) is 0 Å². The van der Waals surface area contributed by atoms with E-state index in [-0.39, 0.29) is 0 Å². The Morgan fingerprint density at radius 2 is 1.89 bits per heavy atom. The van der Waals surface area contributed by atoms with Crippen molar-refractivity contribution in [3.05, 3.63) is 21.3 Å². The largest absolute Gasteiger partial charge is 0.312 e. The molecule has 0 aliphatic heterocycles. The van der Waals surface area contributed by atoms with Gasteiger partial charge in [0.2, 0.25) is 0 Å². The Bertz CT molecular complexity index is 386. The minimum atomic E-state index is 0.492. The molecule has 108 valence electrons. The van der Waals surface area contributed by atoms with Gasteiger partial charge < -0.3 is 5.32 Å². The van der Waals surface area contributed by atoms with E-state index in [2.05, 4.69) is 32.2 Å². The van der Waals surface area contributed by atoms with Crippen molar-refractivity contribution in [2.24, 2.45) is 17.3 Å². The molecule has 0 spiro atoms. The molecule has 1 heterocycles. The molecule has 0 aromatic carbocycles. The molecule has 1 aliphatic carbocycles. The summed E-state index contributed by atoms with van der Waals surface area (Å²) in [5.74, 6) is 1.79. The van der Waals surface area contributed by atoms with Gasteiger partial charge in [0.1, 0.15) is 0 Å². The van der Waals surface area contributed by atoms with Crippen molar-refractivity contribution < 1.29 is 0 Å². The summed E-state index contributed by atoms with van der Waals surface area (Å²) in [4.78, 5) is 1.34. The van der Waals surface area contributed by atoms with Crippen LogP contribution in [0.15, 0.2) is 12.1 Å². The summed E-state index contributed by atoms with van der Waals surface area (Å²) in [5, 5.41) is 3.59. The Kier molecular flexibility index (Phi) is 5.33. The SMILES string of the molecule is CC(C)(C)C1CCC(CNCc2ccc(Cl)s2)CC1. The summed E-state index contributed by atoms with van der Waals surface area (Å²) in [6.07, 6.45) is 5.58. The molecule has 19 heavy (non-hydrogen) atoms. The highest BCUT2D eigenvalue weighted by Crippen LogP contribution is 2.39. The normalized spacial score (nSPS) is 24.6. The molecular formula is C16H26ClNS. The Hall–Kier alpha value is -0.0500. The molecule has 0 bridgehead atoms. The zero-order chi connectivity index (χ0) is 13.9. The summed E-state index contributed by atoms with van der Waals surface area (Å²) in [7, 11) is 0. The standard InChI is InChI=1S/C16H26ClNS/c1-16(2,3)13-6-4-12(5-7-13)10-18-11-14-8-9-15(17)19-14/h8-9,12-13,18H,4-7,10-11H2,1-3H3. The molecule has 1 N–H and O–H groups in total. The highest BCUT2D eigenvalue weighted by molar-refractivity contribution is 7.16. The van der Waals surface area contributed by atoms with E-state index >= 15 is 0 Å². The summed E-state index contributed by atoms with van der Waals surface area (Å²) in [5.41, 5.74) is 0.492. The van der Waals surface area contributed by atoms with Crippen LogP contribution in [0.25, 0.3) is 0 Å². The Balaban J connectivity index is 1.66. The van der Waals surface area contributed by atoms with Crippen LogP contribution in [0.1, 0.15) is 51.3 Å². The van der Waals surface area contributed by atoms with Crippen molar-refractivity contribution >= 4 is 22.9 Å². The van der Waals surface area contributed by atoms with Crippen molar-refractivity contribution in [1.29, 1.82) is 0 Å². The van der Waals surface area contributed by atoms with Gasteiger partial charge in [-0.25, -0.2) is 0 Å². The lowest BCUT2D eigenvalue weighted by Crippen LogP contribution is -2.30. The first kappa shape index (κ1) is 15.3. The molecule has 1 aromatic heterocycles. The average Bonchev–Trinajstić information content (AvgIpc) is 2.75. The quantitative estimate of drug-likeness (QED) is 0.791. The lowest BCUT2D eigenvalue weighted by molar-refractivity contribution is 0.149. The number of hydrogen-bond donors (Lipinski definition) is 1. The molecule has 0 unspecified atom stereocenters. The maximum absolute atomic E-state index is 5.94. The van der Waals surface area contributed by atoms with Gasteiger partial charge in [-0.1, -0.05) is 32.4 Å². The second kappa shape index (κ2) is 6.60. The fraction of sp³-hybridized carbons (Fsp3) is 0.750. The predicted molar refractivity (Wildman–Crippen MR) is 85.9 cm³/mol. The van der Waals surface area contributed by atoms with Crippen LogP contribution in [0, 0.1) is 17.3 Å². The molecule has 0 saturated heterocycles. The minimum Gasteiger partial charge on any atom is -0.312 e. The van der Waals surface area contributed by atoms with Gasteiger partial charge >= 0.3 is 0 Å². The van der Waals surface area contributed by atoms with Crippen LogP contribution in [0.5, 0.6) is 0 Å². The summed E-state index contributed by atoms with van der Waals surface area (Å²) >= 11 is 7.62. The molecule has 3 heteroatoms. The molecule has 0 atom stereocenters. The first-order valence-corrected chi connectivity index (χ1v) is 8.59. The van der Waals surface area contributed by atoms with Crippen LogP contribution in [-0.4, -0.2) is 6.54 Å². The van der Waals surface area contributed by atoms with Crippen molar-refractivity contribution in [2.75, 3.05) is 6.54 Å². The van der Waals surface area contributed by atoms with Crippen molar-refractivity contribution in [3.63, 3.8) is 0 Å². The lowest BCUT2D eigenvalue weighted by atomic mass is 9.70. The molecular weight excluding hydrogens is 274 g/mol. The van der Waals surface area contributed by atoms with Crippen LogP contribution in [-0.2, 0) is 6.54 Å². The van der Waals surface area contributed by atoms with Gasteiger partial charge in [0.15, 0.2) is 0 Å². The van der Waals surface area contributed by atoms with Crippen LogP contribution < -0.4 is 5.32 Å². The van der Waals surface area contributed by atoms with Crippen LogP contribution >= 0.6 is 22.9 Å². The third-order valence-electron chi connectivity index (χ3n) is 4.43. The molecule has 0 radical (unpaired) electrons. The molecule has 1 nitrogen and oxygen atoms in total. The second-order valence-corrected chi connectivity index (χ2v) is 8.72. The minimum absolute atomic E-state index is 0.492. The van der Waals surface area contributed by atoms with E-state index in [1.165, 1.54) is 30.6 Å². The van der Waals surface area contributed by atoms with Crippen LogP contribution in [0.4, 0.5) is 0 Å². The summed E-state index contributed by atoms with van der Waals surface area (Å²) < 4.78 is 0.891. The highest BCUT2D eigenvalue weighted by atomic mass is 35.5. The van der Waals surface area contributed by atoms with Gasteiger partial charge in [-0.05, 0) is 61.6 Å². The van der Waals surface area contributed by atoms with E-state index in [0.29, 0.717) is 5.41 Å². The zero-order valence-electron chi connectivity index (χ0n) is 12.3. The van der Waals surface area contributed by atoms with E-state index in [1.807, 2.05) is 6.07 Å². The van der Waals surface area contributed by atoms with Gasteiger partial charge in [-0.3, -0.25) is 0 Å². The summed E-state index contributed by atoms with van der Waals surface area (Å²) in [6, 6.07) is 4.11. The Morgan fingerprint density at radius 1 is 1.21 bits per heavy atom. The lowest BCUT2D eigenvalue weighted by Gasteiger charge is -2.37. The maximum Gasteiger partial charge on any atom is 0.0931 e. The van der Waals surface area contributed by atoms with E-state index < -0.39 is 0 Å². The monoisotopic (exact) mass is 299 g/mol. The first-order chi connectivity index (χ1) is 8.95. The first-order valence-electron chi connectivity index (χ1n) is 7.40. The topological polar surface area (TPSA) is 12.0 Å². The number of nitrogens with one attached hydrogen (secondary N) is 1. The van der Waals surface area contributed by atoms with E-state index in [0.717, 1.165) is 29.3 Å². The number of hydrogen-bond acceptors (Lipinski definition) is 2. The van der Waals surface area contributed by atoms with Gasteiger partial charge in [0.25, 0.3) is 0 Å². The van der Waals surface area contributed by atoms with E-state index in [9.17, 15) is 0 Å². The third-order valence-corrected chi connectivity index (χ3v) is 5.66. The Morgan fingerprint density at radius 3 is 2.42 bits per heavy atom. The highest BCUT2D eigenvalue weighted by Gasteiger charge is 2.29. The van der Waals surface area contributed by atoms with Crippen LogP contribution in [0.2, 0.25) is 4.34 Å². The summed E-state index contributed by atoms with van der Waals surface area (Å²) in [6.45, 7) is 9.29. The van der Waals surface area contributed by atoms with Crippen molar-refractivity contribution in [3.8, 4) is 0 Å². The average molecular weight is 300 g/mol. The number of thiophene rings is 1. The molecule has 2 rings (SSSR count). The van der Waals surface area contributed by atoms with E-state index in [4.69, 9.17) is 11.6 Å². The number of halogens is 1. The molecule has 1 fully saturated rings. The third kappa shape index (κ3) is 4.77. The molecule has 1 aliphatic rings. The van der Waals surface area contributed by atoms with Crippen molar-refractivity contribution in [1.82, 2.24) is 5.32 Å². The van der Waals surface area contributed by atoms with Crippen molar-refractivity contribution in [2.45, 2.75) is 53.0 Å². The van der Waals surface area contributed by atoms with Gasteiger partial charge in [0.05, 0.1) is 4.34 Å². The van der Waals surface area contributed by atoms with Gasteiger partial charge in [0, 0.05) is 11.4 Å². The van der Waals surface area contributed by atoms with Gasteiger partial charge in [-0.15, -0.1) is 11.3 Å². The molecule has 1 saturated carbocycles. The zero-order valence-corrected chi connectivity index (χ0v) is 13.9. The maximum atomic E-state index is 5.94. The second-order valence-electron chi connectivity index (χ2n) is 6.92. The van der Waals surface area contributed by atoms with E-state index in [1.54, 1.807) is 11.3 Å². The Labute approximate surface area is 126 Å². The smallest absolute Gasteiger partial charge is 0.0931 e.